The number of amides is 1. The SMILES string of the molecule is O=C(NCCOCC1CC1)[C@@H]1CCCNC1. The highest BCUT2D eigenvalue weighted by molar-refractivity contribution is 5.78. The third-order valence-electron chi connectivity index (χ3n) is 3.26. The van der Waals surface area contributed by atoms with E-state index in [1.165, 1.54) is 12.8 Å². The molecule has 16 heavy (non-hydrogen) atoms. The summed E-state index contributed by atoms with van der Waals surface area (Å²) in [5.41, 5.74) is 0. The molecule has 1 atom stereocenters. The number of nitrogens with one attached hydrogen (secondary N) is 2. The molecule has 1 amide bonds. The average Bonchev–Trinajstić information content (AvgIpc) is 3.13. The molecule has 2 fully saturated rings. The second kappa shape index (κ2) is 6.21. The molecular weight excluding hydrogens is 204 g/mol. The lowest BCUT2D eigenvalue weighted by molar-refractivity contribution is -0.125. The summed E-state index contributed by atoms with van der Waals surface area (Å²) in [5.74, 6) is 1.15. The Labute approximate surface area is 97.1 Å². The largest absolute Gasteiger partial charge is 0.379 e. The summed E-state index contributed by atoms with van der Waals surface area (Å²) in [6, 6.07) is 0. The maximum atomic E-state index is 11.7. The first-order valence-electron chi connectivity index (χ1n) is 6.42. The molecule has 0 unspecified atom stereocenters. The van der Waals surface area contributed by atoms with E-state index in [1.807, 2.05) is 0 Å². The fourth-order valence-electron chi connectivity index (χ4n) is 2.00. The zero-order valence-corrected chi connectivity index (χ0v) is 9.84. The Morgan fingerprint density at radius 3 is 2.94 bits per heavy atom. The van der Waals surface area contributed by atoms with Crippen molar-refractivity contribution in [2.24, 2.45) is 11.8 Å². The molecule has 0 radical (unpaired) electrons. The number of carbonyl (C=O) groups is 1. The van der Waals surface area contributed by atoms with Gasteiger partial charge in [0.2, 0.25) is 5.91 Å². The minimum absolute atomic E-state index is 0.164. The van der Waals surface area contributed by atoms with E-state index >= 15 is 0 Å². The van der Waals surface area contributed by atoms with Crippen LogP contribution >= 0.6 is 0 Å². The zero-order chi connectivity index (χ0) is 11.2. The van der Waals surface area contributed by atoms with Gasteiger partial charge in [0.05, 0.1) is 12.5 Å². The fraction of sp³-hybridized carbons (Fsp3) is 0.917. The lowest BCUT2D eigenvalue weighted by Gasteiger charge is -2.21. The second-order valence-electron chi connectivity index (χ2n) is 4.85. The molecule has 2 rings (SSSR count). The predicted molar refractivity (Wildman–Crippen MR) is 62.1 cm³/mol. The van der Waals surface area contributed by atoms with Gasteiger partial charge in [-0.05, 0) is 38.1 Å². The van der Waals surface area contributed by atoms with Gasteiger partial charge in [-0.15, -0.1) is 0 Å². The van der Waals surface area contributed by atoms with E-state index in [0.717, 1.165) is 38.5 Å². The first kappa shape index (κ1) is 11.9. The Balaban J connectivity index is 1.48. The minimum atomic E-state index is 0.164. The van der Waals surface area contributed by atoms with E-state index in [9.17, 15) is 4.79 Å². The summed E-state index contributed by atoms with van der Waals surface area (Å²) < 4.78 is 5.46. The molecule has 1 aliphatic carbocycles. The van der Waals surface area contributed by atoms with Gasteiger partial charge in [-0.25, -0.2) is 0 Å². The molecule has 1 saturated carbocycles. The highest BCUT2D eigenvalue weighted by Crippen LogP contribution is 2.28. The van der Waals surface area contributed by atoms with E-state index in [1.54, 1.807) is 0 Å². The third-order valence-corrected chi connectivity index (χ3v) is 3.26. The fourth-order valence-corrected chi connectivity index (χ4v) is 2.00. The summed E-state index contributed by atoms with van der Waals surface area (Å²) in [7, 11) is 0. The van der Waals surface area contributed by atoms with Crippen molar-refractivity contribution in [3.63, 3.8) is 0 Å². The monoisotopic (exact) mass is 226 g/mol. The van der Waals surface area contributed by atoms with Crippen molar-refractivity contribution in [1.29, 1.82) is 0 Å². The van der Waals surface area contributed by atoms with Crippen LogP contribution in [-0.4, -0.2) is 38.8 Å². The Hall–Kier alpha value is -0.610. The maximum Gasteiger partial charge on any atom is 0.224 e. The molecule has 0 spiro atoms. The number of carbonyl (C=O) groups excluding carboxylic acids is 1. The van der Waals surface area contributed by atoms with Gasteiger partial charge >= 0.3 is 0 Å². The van der Waals surface area contributed by atoms with Gasteiger partial charge in [0.15, 0.2) is 0 Å². The lowest BCUT2D eigenvalue weighted by atomic mass is 9.99. The van der Waals surface area contributed by atoms with Crippen LogP contribution < -0.4 is 10.6 Å². The van der Waals surface area contributed by atoms with Crippen molar-refractivity contribution in [2.45, 2.75) is 25.7 Å². The average molecular weight is 226 g/mol. The Bertz CT molecular complexity index is 223. The van der Waals surface area contributed by atoms with Gasteiger partial charge < -0.3 is 15.4 Å². The van der Waals surface area contributed by atoms with Crippen LogP contribution in [0.25, 0.3) is 0 Å². The van der Waals surface area contributed by atoms with Crippen molar-refractivity contribution in [3.05, 3.63) is 0 Å². The van der Waals surface area contributed by atoms with Crippen LogP contribution in [0.2, 0.25) is 0 Å². The smallest absolute Gasteiger partial charge is 0.224 e. The van der Waals surface area contributed by atoms with E-state index in [0.29, 0.717) is 13.2 Å². The highest BCUT2D eigenvalue weighted by atomic mass is 16.5. The van der Waals surface area contributed by atoms with Crippen molar-refractivity contribution >= 4 is 5.91 Å². The molecule has 4 nitrogen and oxygen atoms in total. The molecule has 1 saturated heterocycles. The molecule has 1 aliphatic heterocycles. The van der Waals surface area contributed by atoms with Crippen LogP contribution in [0.1, 0.15) is 25.7 Å². The number of ether oxygens (including phenoxy) is 1. The van der Waals surface area contributed by atoms with Crippen LogP contribution in [0, 0.1) is 11.8 Å². The molecule has 92 valence electrons. The lowest BCUT2D eigenvalue weighted by Crippen LogP contribution is -2.41. The maximum absolute atomic E-state index is 11.7. The minimum Gasteiger partial charge on any atom is -0.379 e. The summed E-state index contributed by atoms with van der Waals surface area (Å²) in [5, 5.41) is 6.19. The zero-order valence-electron chi connectivity index (χ0n) is 9.84. The number of hydrogen-bond donors (Lipinski definition) is 2. The summed E-state index contributed by atoms with van der Waals surface area (Å²) in [6.45, 7) is 4.06. The molecular formula is C12H22N2O2. The third kappa shape index (κ3) is 4.10. The standard InChI is InChI=1S/C12H22N2O2/c15-12(11-2-1-5-13-8-11)14-6-7-16-9-10-3-4-10/h10-11,13H,1-9H2,(H,14,15)/t11-/m1/s1. The number of piperidine rings is 1. The van der Waals surface area contributed by atoms with Crippen molar-refractivity contribution in [3.8, 4) is 0 Å². The van der Waals surface area contributed by atoms with Crippen molar-refractivity contribution in [2.75, 3.05) is 32.8 Å². The molecule has 0 aromatic heterocycles. The highest BCUT2D eigenvalue weighted by Gasteiger charge is 2.22. The van der Waals surface area contributed by atoms with Crippen LogP contribution in [0.3, 0.4) is 0 Å². The summed E-state index contributed by atoms with van der Waals surface area (Å²) in [6.07, 6.45) is 4.76. The number of hydrogen-bond acceptors (Lipinski definition) is 3. The van der Waals surface area contributed by atoms with Crippen molar-refractivity contribution < 1.29 is 9.53 Å². The van der Waals surface area contributed by atoms with E-state index in [4.69, 9.17) is 4.74 Å². The Morgan fingerprint density at radius 2 is 2.25 bits per heavy atom. The molecule has 0 aromatic carbocycles. The normalized spacial score (nSPS) is 25.4. The van der Waals surface area contributed by atoms with Crippen LogP contribution in [0.4, 0.5) is 0 Å². The quantitative estimate of drug-likeness (QED) is 0.650. The summed E-state index contributed by atoms with van der Waals surface area (Å²) in [4.78, 5) is 11.7. The van der Waals surface area contributed by atoms with Gasteiger partial charge in [0.25, 0.3) is 0 Å². The summed E-state index contributed by atoms with van der Waals surface area (Å²) >= 11 is 0. The van der Waals surface area contributed by atoms with Gasteiger partial charge in [-0.2, -0.15) is 0 Å². The van der Waals surface area contributed by atoms with Crippen LogP contribution in [0.15, 0.2) is 0 Å². The Morgan fingerprint density at radius 1 is 1.38 bits per heavy atom. The molecule has 4 heteroatoms. The van der Waals surface area contributed by atoms with E-state index < -0.39 is 0 Å². The molecule has 0 bridgehead atoms. The molecule has 1 heterocycles. The van der Waals surface area contributed by atoms with E-state index in [-0.39, 0.29) is 11.8 Å². The van der Waals surface area contributed by atoms with Crippen LogP contribution in [0.5, 0.6) is 0 Å². The van der Waals surface area contributed by atoms with Crippen LogP contribution in [-0.2, 0) is 9.53 Å². The van der Waals surface area contributed by atoms with Gasteiger partial charge in [-0.1, -0.05) is 0 Å². The Kier molecular flexibility index (Phi) is 4.60. The molecule has 2 N–H and O–H groups in total. The first-order valence-corrected chi connectivity index (χ1v) is 6.42. The van der Waals surface area contributed by atoms with E-state index in [2.05, 4.69) is 10.6 Å². The second-order valence-corrected chi connectivity index (χ2v) is 4.85. The van der Waals surface area contributed by atoms with Crippen molar-refractivity contribution in [1.82, 2.24) is 10.6 Å². The van der Waals surface area contributed by atoms with Gasteiger partial charge in [-0.3, -0.25) is 4.79 Å². The van der Waals surface area contributed by atoms with Gasteiger partial charge in [0, 0.05) is 19.7 Å². The predicted octanol–water partition coefficient (Wildman–Crippen LogP) is 0.529. The molecule has 2 aliphatic rings. The topological polar surface area (TPSA) is 50.4 Å². The molecule has 0 aromatic rings. The number of rotatable bonds is 6. The first-order chi connectivity index (χ1) is 7.86. The van der Waals surface area contributed by atoms with Gasteiger partial charge in [0.1, 0.15) is 0 Å².